The molecule has 0 aliphatic carbocycles. The van der Waals surface area contributed by atoms with Gasteiger partial charge in [-0.2, -0.15) is 11.8 Å². The molecule has 2 saturated heterocycles. The van der Waals surface area contributed by atoms with Gasteiger partial charge in [-0.1, -0.05) is 0 Å². The Labute approximate surface area is 130 Å². The largest absolute Gasteiger partial charge is 0.352 e. The first-order valence-electron chi connectivity index (χ1n) is 7.84. The number of thioether (sulfide) groups is 1. The number of piperidine rings is 1. The van der Waals surface area contributed by atoms with E-state index < -0.39 is 0 Å². The molecule has 1 aromatic rings. The fourth-order valence-electron chi connectivity index (χ4n) is 3.16. The highest BCUT2D eigenvalue weighted by atomic mass is 32.2. The summed E-state index contributed by atoms with van der Waals surface area (Å²) in [6, 6.07) is 1.28. The van der Waals surface area contributed by atoms with Gasteiger partial charge >= 0.3 is 0 Å². The first-order valence-corrected chi connectivity index (χ1v) is 9.00. The Bertz CT molecular complexity index is 519. The number of nitrogens with zero attached hydrogens (tertiary/aromatic N) is 3. The fourth-order valence-corrected chi connectivity index (χ4v) is 4.25. The predicted octanol–water partition coefficient (Wildman–Crippen LogP) is 1.23. The lowest BCUT2D eigenvalue weighted by Gasteiger charge is -2.35. The molecular formula is C15H24N4OS. The zero-order valence-corrected chi connectivity index (χ0v) is 13.4. The highest BCUT2D eigenvalue weighted by molar-refractivity contribution is 7.99. The quantitative estimate of drug-likeness (QED) is 0.910. The molecule has 2 fully saturated rings. The number of anilines is 1. The van der Waals surface area contributed by atoms with Crippen LogP contribution in [0.1, 0.15) is 25.7 Å². The molecule has 1 aromatic heterocycles. The Balaban J connectivity index is 1.55. The van der Waals surface area contributed by atoms with Crippen LogP contribution in [0.3, 0.4) is 0 Å². The summed E-state index contributed by atoms with van der Waals surface area (Å²) in [6.45, 7) is 1.84. The number of hydrogen-bond donors (Lipinski definition) is 1. The molecule has 21 heavy (non-hydrogen) atoms. The second kappa shape index (κ2) is 6.83. The summed E-state index contributed by atoms with van der Waals surface area (Å²) in [5.41, 5.74) is 0.00703. The van der Waals surface area contributed by atoms with Crippen LogP contribution in [0.4, 0.5) is 5.82 Å². The molecule has 116 valence electrons. The molecule has 0 amide bonds. The number of aromatic nitrogens is 2. The van der Waals surface area contributed by atoms with Gasteiger partial charge in [-0.15, -0.1) is 0 Å². The van der Waals surface area contributed by atoms with Crippen molar-refractivity contribution < 1.29 is 0 Å². The van der Waals surface area contributed by atoms with E-state index in [0.717, 1.165) is 25.9 Å². The Morgan fingerprint density at radius 2 is 2.10 bits per heavy atom. The van der Waals surface area contributed by atoms with Gasteiger partial charge in [-0.3, -0.25) is 4.79 Å². The van der Waals surface area contributed by atoms with Crippen molar-refractivity contribution in [3.8, 4) is 0 Å². The average Bonchev–Trinajstić information content (AvgIpc) is 2.52. The first-order chi connectivity index (χ1) is 10.2. The molecule has 1 atom stereocenters. The fraction of sp³-hybridized carbons (Fsp3) is 0.733. The molecule has 2 aliphatic heterocycles. The number of rotatable bonds is 3. The molecular weight excluding hydrogens is 284 g/mol. The minimum atomic E-state index is 0.00703. The van der Waals surface area contributed by atoms with Crippen LogP contribution in [0.2, 0.25) is 0 Å². The van der Waals surface area contributed by atoms with E-state index in [4.69, 9.17) is 0 Å². The van der Waals surface area contributed by atoms with E-state index in [1.165, 1.54) is 24.3 Å². The van der Waals surface area contributed by atoms with E-state index in [0.29, 0.717) is 17.9 Å². The molecule has 0 bridgehead atoms. The zero-order valence-electron chi connectivity index (χ0n) is 12.6. The van der Waals surface area contributed by atoms with Gasteiger partial charge in [-0.25, -0.2) is 4.98 Å². The van der Waals surface area contributed by atoms with Gasteiger partial charge in [-0.05, 0) is 31.4 Å². The van der Waals surface area contributed by atoms with Crippen LogP contribution in [-0.2, 0) is 7.05 Å². The lowest BCUT2D eigenvalue weighted by atomic mass is 10.0. The summed E-state index contributed by atoms with van der Waals surface area (Å²) in [4.78, 5) is 18.5. The van der Waals surface area contributed by atoms with Crippen molar-refractivity contribution in [3.05, 3.63) is 22.7 Å². The minimum absolute atomic E-state index is 0.00703. The van der Waals surface area contributed by atoms with E-state index in [9.17, 15) is 4.79 Å². The van der Waals surface area contributed by atoms with Gasteiger partial charge in [0.15, 0.2) is 5.82 Å². The van der Waals surface area contributed by atoms with Crippen molar-refractivity contribution in [1.29, 1.82) is 0 Å². The van der Waals surface area contributed by atoms with Crippen LogP contribution in [0.5, 0.6) is 0 Å². The monoisotopic (exact) mass is 308 g/mol. The maximum Gasteiger partial charge on any atom is 0.293 e. The number of nitrogens with one attached hydrogen (secondary N) is 1. The molecule has 0 radical (unpaired) electrons. The van der Waals surface area contributed by atoms with E-state index in [1.54, 1.807) is 24.0 Å². The highest BCUT2D eigenvalue weighted by Gasteiger charge is 2.24. The average molecular weight is 308 g/mol. The van der Waals surface area contributed by atoms with Crippen LogP contribution in [-0.4, -0.2) is 46.2 Å². The van der Waals surface area contributed by atoms with E-state index in [1.807, 2.05) is 0 Å². The van der Waals surface area contributed by atoms with Gasteiger partial charge in [0.1, 0.15) is 0 Å². The maximum atomic E-state index is 12.1. The van der Waals surface area contributed by atoms with Crippen molar-refractivity contribution >= 4 is 17.6 Å². The maximum absolute atomic E-state index is 12.1. The van der Waals surface area contributed by atoms with Gasteiger partial charge in [0.25, 0.3) is 5.56 Å². The zero-order chi connectivity index (χ0) is 14.7. The Kier molecular flexibility index (Phi) is 4.85. The van der Waals surface area contributed by atoms with Crippen molar-refractivity contribution in [3.63, 3.8) is 0 Å². The Morgan fingerprint density at radius 1 is 1.29 bits per heavy atom. The molecule has 3 rings (SSSR count). The second-order valence-electron chi connectivity index (χ2n) is 6.01. The smallest absolute Gasteiger partial charge is 0.293 e. The molecule has 3 heterocycles. The molecule has 5 nitrogen and oxygen atoms in total. The number of aryl methyl sites for hydroxylation is 1. The van der Waals surface area contributed by atoms with E-state index >= 15 is 0 Å². The van der Waals surface area contributed by atoms with Crippen LogP contribution < -0.4 is 15.8 Å². The normalized spacial score (nSPS) is 24.2. The highest BCUT2D eigenvalue weighted by Crippen LogP contribution is 2.20. The number of hydrogen-bond acceptors (Lipinski definition) is 5. The van der Waals surface area contributed by atoms with Crippen molar-refractivity contribution in [1.82, 2.24) is 14.9 Å². The molecule has 0 spiro atoms. The summed E-state index contributed by atoms with van der Waals surface area (Å²) in [5, 5.41) is 3.80. The van der Waals surface area contributed by atoms with Crippen LogP contribution in [0.15, 0.2) is 17.2 Å². The van der Waals surface area contributed by atoms with Gasteiger partial charge in [0, 0.05) is 50.4 Å². The Hall–Kier alpha value is -1.01. The molecule has 6 heteroatoms. The summed E-state index contributed by atoms with van der Waals surface area (Å²) < 4.78 is 1.60. The molecule has 0 saturated carbocycles. The van der Waals surface area contributed by atoms with Crippen LogP contribution in [0, 0.1) is 0 Å². The third-order valence-corrected chi connectivity index (χ3v) is 5.64. The van der Waals surface area contributed by atoms with Crippen molar-refractivity contribution in [2.75, 3.05) is 29.5 Å². The van der Waals surface area contributed by atoms with Gasteiger partial charge in [0.05, 0.1) is 0 Å². The summed E-state index contributed by atoms with van der Waals surface area (Å²) in [5.74, 6) is 3.17. The van der Waals surface area contributed by atoms with E-state index in [-0.39, 0.29) is 5.56 Å². The second-order valence-corrected chi connectivity index (χ2v) is 7.16. The molecule has 0 unspecified atom stereocenters. The predicted molar refractivity (Wildman–Crippen MR) is 88.2 cm³/mol. The van der Waals surface area contributed by atoms with Crippen molar-refractivity contribution in [2.45, 2.75) is 37.8 Å². The Morgan fingerprint density at radius 3 is 2.81 bits per heavy atom. The molecule has 1 N–H and O–H groups in total. The van der Waals surface area contributed by atoms with Gasteiger partial charge in [0.2, 0.25) is 0 Å². The lowest BCUT2D eigenvalue weighted by Crippen LogP contribution is -2.48. The third kappa shape index (κ3) is 3.61. The van der Waals surface area contributed by atoms with E-state index in [2.05, 4.69) is 27.0 Å². The molecule has 0 aromatic carbocycles. The topological polar surface area (TPSA) is 50.2 Å². The summed E-state index contributed by atoms with van der Waals surface area (Å²) >= 11 is 2.07. The third-order valence-electron chi connectivity index (χ3n) is 4.42. The first kappa shape index (κ1) is 14.9. The minimum Gasteiger partial charge on any atom is -0.352 e. The van der Waals surface area contributed by atoms with Gasteiger partial charge < -0.3 is 14.8 Å². The standard InChI is InChI=1S/C15H24N4OS/c1-18-9-6-16-14(15(18)20)19-7-4-12(5-8-19)17-13-3-2-10-21-11-13/h6,9,12-13,17H,2-5,7-8,10-11H2,1H3/t13-/m0/s1. The summed E-state index contributed by atoms with van der Waals surface area (Å²) in [7, 11) is 1.78. The van der Waals surface area contributed by atoms with Crippen LogP contribution >= 0.6 is 11.8 Å². The lowest BCUT2D eigenvalue weighted by molar-refractivity contribution is 0.364. The van der Waals surface area contributed by atoms with Crippen molar-refractivity contribution in [2.24, 2.45) is 7.05 Å². The van der Waals surface area contributed by atoms with Crippen LogP contribution in [0.25, 0.3) is 0 Å². The molecule has 2 aliphatic rings. The SMILES string of the molecule is Cn1ccnc(N2CCC(N[C@H]3CCCSC3)CC2)c1=O. The summed E-state index contributed by atoms with van der Waals surface area (Å²) in [6.07, 6.45) is 8.27.